The molecule has 1 heterocycles. The van der Waals surface area contributed by atoms with Crippen LogP contribution in [0.25, 0.3) is 0 Å². The molecule has 0 spiro atoms. The first kappa shape index (κ1) is 16.2. The largest absolute Gasteiger partial charge is 0.325 e. The van der Waals surface area contributed by atoms with Crippen molar-refractivity contribution in [2.24, 2.45) is 0 Å². The van der Waals surface area contributed by atoms with Gasteiger partial charge in [-0.25, -0.2) is 4.79 Å². The summed E-state index contributed by atoms with van der Waals surface area (Å²) < 4.78 is 0. The Balaban J connectivity index is 1.85. The average Bonchev–Trinajstić information content (AvgIpc) is 2.80. The van der Waals surface area contributed by atoms with Crippen LogP contribution in [0.2, 0.25) is 5.02 Å². The molecule has 3 rings (SSSR count). The standard InChI is InChI=1S/C18H15ClN2O3/c1-18(12-7-3-2-4-8-12)16(23)21(17(24)20-18)11-15(22)13-9-5-6-10-14(13)19/h2-10H,11H2,1H3,(H,20,24)/t18-/m0/s1. The molecule has 0 aliphatic carbocycles. The van der Waals surface area contributed by atoms with Crippen molar-refractivity contribution >= 4 is 29.3 Å². The van der Waals surface area contributed by atoms with Crippen LogP contribution in [0.3, 0.4) is 0 Å². The Morgan fingerprint density at radius 1 is 1.08 bits per heavy atom. The summed E-state index contributed by atoms with van der Waals surface area (Å²) in [7, 11) is 0. The van der Waals surface area contributed by atoms with Crippen LogP contribution in [0.4, 0.5) is 4.79 Å². The first-order valence-corrected chi connectivity index (χ1v) is 7.78. The Bertz CT molecular complexity index is 822. The molecule has 1 aliphatic heterocycles. The van der Waals surface area contributed by atoms with E-state index in [4.69, 9.17) is 11.6 Å². The number of carbonyl (C=O) groups excluding carboxylic acids is 3. The Morgan fingerprint density at radius 2 is 1.71 bits per heavy atom. The van der Waals surface area contributed by atoms with E-state index in [1.54, 1.807) is 55.5 Å². The number of hydrogen-bond donors (Lipinski definition) is 1. The van der Waals surface area contributed by atoms with Crippen molar-refractivity contribution in [3.63, 3.8) is 0 Å². The number of rotatable bonds is 4. The molecule has 1 atom stereocenters. The Labute approximate surface area is 144 Å². The number of carbonyl (C=O) groups is 3. The zero-order valence-corrected chi connectivity index (χ0v) is 13.7. The molecule has 24 heavy (non-hydrogen) atoms. The molecule has 1 fully saturated rings. The highest BCUT2D eigenvalue weighted by Crippen LogP contribution is 2.29. The molecule has 6 heteroatoms. The van der Waals surface area contributed by atoms with Crippen LogP contribution in [-0.4, -0.2) is 29.2 Å². The number of hydrogen-bond acceptors (Lipinski definition) is 3. The first-order chi connectivity index (χ1) is 11.4. The zero-order chi connectivity index (χ0) is 17.3. The molecule has 0 unspecified atom stereocenters. The van der Waals surface area contributed by atoms with E-state index in [1.807, 2.05) is 6.07 Å². The van der Waals surface area contributed by atoms with E-state index < -0.39 is 17.5 Å². The highest BCUT2D eigenvalue weighted by molar-refractivity contribution is 6.34. The number of halogens is 1. The van der Waals surface area contributed by atoms with Gasteiger partial charge in [-0.05, 0) is 24.6 Å². The van der Waals surface area contributed by atoms with Crippen LogP contribution < -0.4 is 5.32 Å². The zero-order valence-electron chi connectivity index (χ0n) is 13.0. The minimum Gasteiger partial charge on any atom is -0.319 e. The van der Waals surface area contributed by atoms with E-state index in [-0.39, 0.29) is 17.9 Å². The molecule has 2 aromatic rings. The number of imide groups is 1. The topological polar surface area (TPSA) is 66.5 Å². The highest BCUT2D eigenvalue weighted by atomic mass is 35.5. The molecule has 3 amide bonds. The van der Waals surface area contributed by atoms with Gasteiger partial charge in [0.05, 0.1) is 11.6 Å². The van der Waals surface area contributed by atoms with Gasteiger partial charge >= 0.3 is 6.03 Å². The lowest BCUT2D eigenvalue weighted by Crippen LogP contribution is -2.41. The predicted molar refractivity (Wildman–Crippen MR) is 89.8 cm³/mol. The predicted octanol–water partition coefficient (Wildman–Crippen LogP) is 2.99. The van der Waals surface area contributed by atoms with Crippen molar-refractivity contribution in [2.75, 3.05) is 6.54 Å². The maximum absolute atomic E-state index is 12.7. The molecule has 122 valence electrons. The fraction of sp³-hybridized carbons (Fsp3) is 0.167. The number of ketones is 1. The van der Waals surface area contributed by atoms with E-state index in [2.05, 4.69) is 5.32 Å². The van der Waals surface area contributed by atoms with Crippen molar-refractivity contribution in [3.05, 3.63) is 70.7 Å². The normalized spacial score (nSPS) is 20.2. The summed E-state index contributed by atoms with van der Waals surface area (Å²) in [6.45, 7) is 1.28. The van der Waals surface area contributed by atoms with Crippen LogP contribution in [0, 0.1) is 0 Å². The minimum absolute atomic E-state index is 0.285. The second-order valence-corrected chi connectivity index (χ2v) is 6.12. The minimum atomic E-state index is -1.18. The first-order valence-electron chi connectivity index (χ1n) is 7.41. The van der Waals surface area contributed by atoms with E-state index in [0.29, 0.717) is 10.6 Å². The Kier molecular flexibility index (Phi) is 4.11. The van der Waals surface area contributed by atoms with Gasteiger partial charge in [0.25, 0.3) is 5.91 Å². The van der Waals surface area contributed by atoms with Gasteiger partial charge in [0, 0.05) is 5.56 Å². The van der Waals surface area contributed by atoms with Crippen molar-refractivity contribution in [1.29, 1.82) is 0 Å². The van der Waals surface area contributed by atoms with Gasteiger partial charge in [-0.2, -0.15) is 0 Å². The maximum Gasteiger partial charge on any atom is 0.325 e. The summed E-state index contributed by atoms with van der Waals surface area (Å²) in [4.78, 5) is 38.3. The van der Waals surface area contributed by atoms with Crippen LogP contribution in [0.5, 0.6) is 0 Å². The second-order valence-electron chi connectivity index (χ2n) is 5.72. The van der Waals surface area contributed by atoms with Gasteiger partial charge < -0.3 is 5.32 Å². The van der Waals surface area contributed by atoms with Gasteiger partial charge in [0.15, 0.2) is 5.78 Å². The molecular weight excluding hydrogens is 328 g/mol. The molecule has 0 radical (unpaired) electrons. The van der Waals surface area contributed by atoms with Crippen LogP contribution in [-0.2, 0) is 10.3 Å². The Hall–Kier alpha value is -2.66. The molecule has 1 aliphatic rings. The van der Waals surface area contributed by atoms with Crippen molar-refractivity contribution in [2.45, 2.75) is 12.5 Å². The Morgan fingerprint density at radius 3 is 2.38 bits per heavy atom. The van der Waals surface area contributed by atoms with Crippen LogP contribution in [0.15, 0.2) is 54.6 Å². The molecule has 2 aromatic carbocycles. The summed E-state index contributed by atoms with van der Waals surface area (Å²) in [5.41, 5.74) is -0.233. The number of urea groups is 1. The average molecular weight is 343 g/mol. The summed E-state index contributed by atoms with van der Waals surface area (Å²) in [5, 5.41) is 2.96. The third-order valence-corrected chi connectivity index (χ3v) is 4.43. The number of benzene rings is 2. The fourth-order valence-corrected chi connectivity index (χ4v) is 2.96. The van der Waals surface area contributed by atoms with Gasteiger partial charge in [-0.1, -0.05) is 54.1 Å². The summed E-state index contributed by atoms with van der Waals surface area (Å²) in [6.07, 6.45) is 0. The molecule has 0 aromatic heterocycles. The number of amides is 3. The van der Waals surface area contributed by atoms with Gasteiger partial charge in [0.2, 0.25) is 0 Å². The quantitative estimate of drug-likeness (QED) is 0.686. The van der Waals surface area contributed by atoms with E-state index in [9.17, 15) is 14.4 Å². The van der Waals surface area contributed by atoms with E-state index in [0.717, 1.165) is 4.90 Å². The molecule has 0 bridgehead atoms. The third kappa shape index (κ3) is 2.67. The molecule has 5 nitrogen and oxygen atoms in total. The SMILES string of the molecule is C[C@@]1(c2ccccc2)NC(=O)N(CC(=O)c2ccccc2Cl)C1=O. The summed E-state index contributed by atoms with van der Waals surface area (Å²) in [5.74, 6) is -0.847. The van der Waals surface area contributed by atoms with Crippen LogP contribution >= 0.6 is 11.6 Å². The lowest BCUT2D eigenvalue weighted by molar-refractivity contribution is -0.130. The van der Waals surface area contributed by atoms with E-state index in [1.165, 1.54) is 0 Å². The van der Waals surface area contributed by atoms with Crippen molar-refractivity contribution < 1.29 is 14.4 Å². The smallest absolute Gasteiger partial charge is 0.319 e. The molecule has 0 saturated carbocycles. The molecule has 1 saturated heterocycles. The lowest BCUT2D eigenvalue weighted by atomic mass is 9.92. The number of nitrogens with zero attached hydrogens (tertiary/aromatic N) is 1. The monoisotopic (exact) mass is 342 g/mol. The van der Waals surface area contributed by atoms with Gasteiger partial charge in [-0.15, -0.1) is 0 Å². The molecular formula is C18H15ClN2O3. The van der Waals surface area contributed by atoms with Crippen molar-refractivity contribution in [3.8, 4) is 0 Å². The van der Waals surface area contributed by atoms with Crippen molar-refractivity contribution in [1.82, 2.24) is 10.2 Å². The summed E-state index contributed by atoms with van der Waals surface area (Å²) in [6, 6.07) is 14.9. The summed E-state index contributed by atoms with van der Waals surface area (Å²) >= 11 is 6.00. The second kappa shape index (κ2) is 6.09. The molecule has 1 N–H and O–H groups in total. The number of Topliss-reactive ketones (excluding diaryl/α,β-unsaturated/α-hetero) is 1. The fourth-order valence-electron chi connectivity index (χ4n) is 2.72. The third-order valence-electron chi connectivity index (χ3n) is 4.10. The highest BCUT2D eigenvalue weighted by Gasteiger charge is 2.49. The number of nitrogens with one attached hydrogen (secondary N) is 1. The van der Waals surface area contributed by atoms with Crippen LogP contribution in [0.1, 0.15) is 22.8 Å². The maximum atomic E-state index is 12.7. The van der Waals surface area contributed by atoms with Gasteiger partial charge in [-0.3, -0.25) is 14.5 Å². The van der Waals surface area contributed by atoms with Gasteiger partial charge in [0.1, 0.15) is 5.54 Å². The van der Waals surface area contributed by atoms with E-state index >= 15 is 0 Å². The lowest BCUT2D eigenvalue weighted by Gasteiger charge is -2.22.